The summed E-state index contributed by atoms with van der Waals surface area (Å²) in [5.74, 6) is -0.309. The van der Waals surface area contributed by atoms with Gasteiger partial charge in [0, 0.05) is 24.1 Å². The summed E-state index contributed by atoms with van der Waals surface area (Å²) in [5, 5.41) is 3.98. The maximum absolute atomic E-state index is 11.1. The lowest BCUT2D eigenvalue weighted by Gasteiger charge is -2.26. The largest absolute Gasteiger partial charge is 0.369 e. The number of primary amides is 1. The van der Waals surface area contributed by atoms with E-state index in [9.17, 15) is 4.79 Å². The molecule has 1 saturated carbocycles. The fourth-order valence-corrected chi connectivity index (χ4v) is 2.88. The summed E-state index contributed by atoms with van der Waals surface area (Å²) in [5.41, 5.74) is 6.02. The van der Waals surface area contributed by atoms with Crippen LogP contribution in [0, 0.1) is 0 Å². The van der Waals surface area contributed by atoms with Gasteiger partial charge in [-0.3, -0.25) is 9.69 Å². The molecule has 0 aromatic carbocycles. The maximum atomic E-state index is 11.1. The Bertz CT molecular complexity index is 391. The molecule has 0 bridgehead atoms. The first-order valence-electron chi connectivity index (χ1n) is 5.66. The van der Waals surface area contributed by atoms with Crippen LogP contribution in [0.3, 0.4) is 0 Å². The molecule has 7 heteroatoms. The lowest BCUT2D eigenvalue weighted by molar-refractivity contribution is -0.119. The van der Waals surface area contributed by atoms with Crippen molar-refractivity contribution >= 4 is 29.0 Å². The number of carbonyl (C=O) groups excluding carboxylic acids is 1. The topological polar surface area (TPSA) is 72.1 Å². The first-order chi connectivity index (χ1) is 8.16. The third kappa shape index (κ3) is 3.37. The third-order valence-electron chi connectivity index (χ3n) is 3.06. The number of rotatable bonds is 5. The van der Waals surface area contributed by atoms with Crippen LogP contribution < -0.4 is 5.73 Å². The van der Waals surface area contributed by atoms with E-state index in [0.717, 1.165) is 18.5 Å². The van der Waals surface area contributed by atoms with Crippen molar-refractivity contribution in [3.8, 4) is 0 Å². The molecular formula is C10H15ClN4OS. The molecule has 0 unspecified atom stereocenters. The minimum atomic E-state index is -0.309. The predicted molar refractivity (Wildman–Crippen MR) is 66.8 cm³/mol. The maximum Gasteiger partial charge on any atom is 0.231 e. The van der Waals surface area contributed by atoms with E-state index in [1.807, 2.05) is 0 Å². The second kappa shape index (κ2) is 5.75. The highest BCUT2D eigenvalue weighted by molar-refractivity contribution is 7.10. The summed E-state index contributed by atoms with van der Waals surface area (Å²) < 4.78 is 4.39. The molecule has 0 spiro atoms. The van der Waals surface area contributed by atoms with Crippen molar-refractivity contribution in [3.05, 3.63) is 10.0 Å². The Hall–Kier alpha value is -0.720. The van der Waals surface area contributed by atoms with Gasteiger partial charge in [-0.05, 0) is 12.8 Å². The van der Waals surface area contributed by atoms with Crippen molar-refractivity contribution in [2.45, 2.75) is 38.3 Å². The highest BCUT2D eigenvalue weighted by Gasteiger charge is 2.25. The van der Waals surface area contributed by atoms with Crippen LogP contribution in [-0.4, -0.2) is 33.0 Å². The molecule has 1 amide bonds. The molecule has 2 N–H and O–H groups in total. The Balaban J connectivity index is 2.04. The Kier molecular flexibility index (Phi) is 4.31. The average molecular weight is 275 g/mol. The molecule has 0 aliphatic heterocycles. The summed E-state index contributed by atoms with van der Waals surface area (Å²) in [7, 11) is 0. The first-order valence-corrected chi connectivity index (χ1v) is 6.81. The minimum Gasteiger partial charge on any atom is -0.369 e. The van der Waals surface area contributed by atoms with E-state index in [2.05, 4.69) is 14.5 Å². The monoisotopic (exact) mass is 274 g/mol. The van der Waals surface area contributed by atoms with E-state index in [-0.39, 0.29) is 12.5 Å². The molecule has 1 fully saturated rings. The molecule has 0 radical (unpaired) electrons. The molecule has 1 aliphatic carbocycles. The third-order valence-corrected chi connectivity index (χ3v) is 4.05. The van der Waals surface area contributed by atoms with Gasteiger partial charge < -0.3 is 5.73 Å². The molecule has 1 aromatic rings. The van der Waals surface area contributed by atoms with E-state index < -0.39 is 0 Å². The molecule has 1 aliphatic rings. The molecule has 5 nitrogen and oxygen atoms in total. The number of carbonyl (C=O) groups is 1. The van der Waals surface area contributed by atoms with Gasteiger partial charge in [0.15, 0.2) is 0 Å². The molecular weight excluding hydrogens is 260 g/mol. The number of hydrogen-bond donors (Lipinski definition) is 1. The molecule has 0 atom stereocenters. The summed E-state index contributed by atoms with van der Waals surface area (Å²) in [6, 6.07) is 0.417. The molecule has 94 valence electrons. The van der Waals surface area contributed by atoms with Crippen LogP contribution in [0.1, 0.15) is 31.4 Å². The lowest BCUT2D eigenvalue weighted by atomic mass is 10.2. The highest BCUT2D eigenvalue weighted by atomic mass is 35.5. The van der Waals surface area contributed by atoms with Crippen molar-refractivity contribution in [2.75, 3.05) is 6.54 Å². The number of amides is 1. The van der Waals surface area contributed by atoms with Gasteiger partial charge in [-0.15, -0.1) is 5.10 Å². The van der Waals surface area contributed by atoms with Crippen molar-refractivity contribution in [1.82, 2.24) is 14.5 Å². The summed E-state index contributed by atoms with van der Waals surface area (Å²) in [6.45, 7) is 0.821. The second-order valence-corrected chi connectivity index (χ2v) is 5.66. The Morgan fingerprint density at radius 2 is 2.24 bits per heavy atom. The van der Waals surface area contributed by atoms with Crippen LogP contribution in [0.4, 0.5) is 0 Å². The van der Waals surface area contributed by atoms with E-state index in [4.69, 9.17) is 17.3 Å². The van der Waals surface area contributed by atoms with Crippen LogP contribution >= 0.6 is 23.1 Å². The van der Waals surface area contributed by atoms with Crippen LogP contribution in [0.25, 0.3) is 0 Å². The van der Waals surface area contributed by atoms with Crippen LogP contribution in [0.15, 0.2) is 0 Å². The Morgan fingerprint density at radius 3 is 2.76 bits per heavy atom. The normalized spacial score (nSPS) is 16.8. The van der Waals surface area contributed by atoms with Gasteiger partial charge in [0.2, 0.25) is 5.91 Å². The second-order valence-electron chi connectivity index (χ2n) is 4.30. The van der Waals surface area contributed by atoms with Gasteiger partial charge in [-0.1, -0.05) is 28.9 Å². The van der Waals surface area contributed by atoms with Gasteiger partial charge >= 0.3 is 0 Å². The highest BCUT2D eigenvalue weighted by Crippen LogP contribution is 2.26. The van der Waals surface area contributed by atoms with E-state index in [1.165, 1.54) is 24.4 Å². The number of halogens is 1. The number of aromatic nitrogens is 2. The van der Waals surface area contributed by atoms with Gasteiger partial charge in [0.1, 0.15) is 10.0 Å². The van der Waals surface area contributed by atoms with Gasteiger partial charge in [0.25, 0.3) is 0 Å². The van der Waals surface area contributed by atoms with E-state index in [1.54, 1.807) is 0 Å². The van der Waals surface area contributed by atoms with Crippen molar-refractivity contribution in [2.24, 2.45) is 5.73 Å². The van der Waals surface area contributed by atoms with E-state index >= 15 is 0 Å². The molecule has 2 rings (SSSR count). The van der Waals surface area contributed by atoms with Gasteiger partial charge in [-0.25, -0.2) is 0 Å². The standard InChI is InChI=1S/C10H15ClN4OS/c11-10-8(13-14-17-10)5-15(6-9(12)16)7-3-1-2-4-7/h7H,1-6H2,(H2,12,16). The first kappa shape index (κ1) is 12.7. The van der Waals surface area contributed by atoms with Crippen molar-refractivity contribution in [1.29, 1.82) is 0 Å². The Morgan fingerprint density at radius 1 is 1.53 bits per heavy atom. The quantitative estimate of drug-likeness (QED) is 0.881. The van der Waals surface area contributed by atoms with Crippen molar-refractivity contribution in [3.63, 3.8) is 0 Å². The van der Waals surface area contributed by atoms with Gasteiger partial charge in [0.05, 0.1) is 6.54 Å². The zero-order valence-electron chi connectivity index (χ0n) is 9.43. The van der Waals surface area contributed by atoms with Gasteiger partial charge in [-0.2, -0.15) is 0 Å². The summed E-state index contributed by atoms with van der Waals surface area (Å²) in [6.07, 6.45) is 4.65. The number of nitrogens with two attached hydrogens (primary N) is 1. The summed E-state index contributed by atoms with van der Waals surface area (Å²) >= 11 is 7.15. The average Bonchev–Trinajstić information content (AvgIpc) is 2.89. The lowest BCUT2D eigenvalue weighted by Crippen LogP contribution is -2.39. The summed E-state index contributed by atoms with van der Waals surface area (Å²) in [4.78, 5) is 13.2. The molecule has 17 heavy (non-hydrogen) atoms. The zero-order valence-corrected chi connectivity index (χ0v) is 11.0. The predicted octanol–water partition coefficient (Wildman–Crippen LogP) is 1.42. The smallest absolute Gasteiger partial charge is 0.231 e. The molecule has 0 saturated heterocycles. The number of nitrogens with zero attached hydrogens (tertiary/aromatic N) is 3. The Labute approximate surface area is 109 Å². The number of hydrogen-bond acceptors (Lipinski definition) is 5. The minimum absolute atomic E-state index is 0.262. The van der Waals surface area contributed by atoms with Crippen LogP contribution in [-0.2, 0) is 11.3 Å². The molecule has 1 aromatic heterocycles. The fourth-order valence-electron chi connectivity index (χ4n) is 2.27. The SMILES string of the molecule is NC(=O)CN(Cc1nnsc1Cl)C1CCCC1. The molecule has 1 heterocycles. The van der Waals surface area contributed by atoms with Crippen LogP contribution in [0.5, 0.6) is 0 Å². The fraction of sp³-hybridized carbons (Fsp3) is 0.700. The van der Waals surface area contributed by atoms with Crippen molar-refractivity contribution < 1.29 is 4.79 Å². The zero-order chi connectivity index (χ0) is 12.3. The van der Waals surface area contributed by atoms with Crippen LogP contribution in [0.2, 0.25) is 4.34 Å². The van der Waals surface area contributed by atoms with E-state index in [0.29, 0.717) is 16.9 Å².